The van der Waals surface area contributed by atoms with Gasteiger partial charge in [-0.3, -0.25) is 10.6 Å². The summed E-state index contributed by atoms with van der Waals surface area (Å²) >= 11 is 0. The second-order valence-corrected chi connectivity index (χ2v) is 20.5. The summed E-state index contributed by atoms with van der Waals surface area (Å²) in [4.78, 5) is 0. The molecule has 0 bridgehead atoms. The molecule has 53 heavy (non-hydrogen) atoms. The van der Waals surface area contributed by atoms with Gasteiger partial charge in [-0.2, -0.15) is 0 Å². The molecule has 318 valence electrons. The quantitative estimate of drug-likeness (QED) is 0.219. The third kappa shape index (κ3) is 32.4. The number of hydrogen-bond acceptors (Lipinski definition) is 9. The smallest absolute Gasteiger partial charge is 0.108 e. The third-order valence-corrected chi connectivity index (χ3v) is 8.69. The van der Waals surface area contributed by atoms with E-state index >= 15 is 0 Å². The Balaban J connectivity index is 0.000000331. The summed E-state index contributed by atoms with van der Waals surface area (Å²) < 4.78 is 28.9. The normalized spacial score (nSPS) is 25.1. The van der Waals surface area contributed by atoms with Crippen molar-refractivity contribution >= 4 is 0 Å². The maximum atomic E-state index is 5.88. The van der Waals surface area contributed by atoms with Gasteiger partial charge in [0, 0.05) is 6.54 Å². The highest BCUT2D eigenvalue weighted by atomic mass is 16.5. The molecule has 4 saturated heterocycles. The molecule has 5 rings (SSSR count). The van der Waals surface area contributed by atoms with Gasteiger partial charge in [0.2, 0.25) is 0 Å². The van der Waals surface area contributed by atoms with Gasteiger partial charge in [0.25, 0.3) is 0 Å². The molecule has 0 aromatic carbocycles. The van der Waals surface area contributed by atoms with Crippen LogP contribution in [-0.4, -0.2) is 98.0 Å². The zero-order valence-electron chi connectivity index (χ0n) is 37.9. The molecule has 1 aliphatic carbocycles. The molecule has 0 radical (unpaired) electrons. The first-order valence-electron chi connectivity index (χ1n) is 21.7. The molecule has 4 heterocycles. The van der Waals surface area contributed by atoms with Crippen LogP contribution in [0.3, 0.4) is 0 Å². The Hall–Kier alpha value is -0.360. The molecule has 1 saturated carbocycles. The van der Waals surface area contributed by atoms with Gasteiger partial charge < -0.3 is 34.3 Å². The summed E-state index contributed by atoms with van der Waals surface area (Å²) in [5.74, 6) is 0. The van der Waals surface area contributed by atoms with E-state index in [9.17, 15) is 0 Å². The largest absolute Gasteiger partial charge is 0.373 e. The third-order valence-electron chi connectivity index (χ3n) is 8.69. The first-order valence-corrected chi connectivity index (χ1v) is 21.7. The van der Waals surface area contributed by atoms with E-state index < -0.39 is 0 Å². The molecule has 5 fully saturated rings. The van der Waals surface area contributed by atoms with E-state index in [0.29, 0.717) is 30.8 Å². The molecule has 9 nitrogen and oxygen atoms in total. The molecule has 0 aromatic heterocycles. The van der Waals surface area contributed by atoms with Crippen molar-refractivity contribution in [2.75, 3.05) is 39.3 Å². The first-order chi connectivity index (χ1) is 24.4. The van der Waals surface area contributed by atoms with E-state index in [4.69, 9.17) is 23.7 Å². The van der Waals surface area contributed by atoms with Crippen LogP contribution in [0.15, 0.2) is 0 Å². The fraction of sp³-hybridized carbons (Fsp3) is 1.00. The highest BCUT2D eigenvalue weighted by Gasteiger charge is 2.24. The lowest BCUT2D eigenvalue weighted by Crippen LogP contribution is -2.41. The van der Waals surface area contributed by atoms with Crippen molar-refractivity contribution in [2.24, 2.45) is 0 Å². The number of rotatable bonds is 5. The Morgan fingerprint density at radius 3 is 1.06 bits per heavy atom. The zero-order chi connectivity index (χ0) is 40.2. The SMILES string of the molecule is CC(C)(C)OC1CCCCC1.CC(C)(C)OC1CCCCN1.CC(C)(C)OC1CCCN1.CC(C)(C)OC1CCNC1.CC(C)(C)OC1CCNCC1. The van der Waals surface area contributed by atoms with E-state index in [1.165, 1.54) is 51.4 Å². The van der Waals surface area contributed by atoms with Crippen molar-refractivity contribution in [3.63, 3.8) is 0 Å². The Kier molecular flexibility index (Phi) is 24.0. The summed E-state index contributed by atoms with van der Waals surface area (Å²) in [5.41, 5.74) is 0.109. The molecule has 3 unspecified atom stereocenters. The highest BCUT2D eigenvalue weighted by molar-refractivity contribution is 4.75. The van der Waals surface area contributed by atoms with Crippen molar-refractivity contribution in [3.8, 4) is 0 Å². The van der Waals surface area contributed by atoms with E-state index in [1.807, 2.05) is 0 Å². The van der Waals surface area contributed by atoms with Crippen LogP contribution in [0.4, 0.5) is 0 Å². The molecule has 4 aliphatic heterocycles. The predicted octanol–water partition coefficient (Wildman–Crippen LogP) is 9.26. The van der Waals surface area contributed by atoms with Gasteiger partial charge in [0.05, 0.1) is 46.3 Å². The van der Waals surface area contributed by atoms with Gasteiger partial charge >= 0.3 is 0 Å². The summed E-state index contributed by atoms with van der Waals surface area (Å²) in [7, 11) is 0. The fourth-order valence-corrected chi connectivity index (χ4v) is 6.85. The number of piperidine rings is 2. The van der Waals surface area contributed by atoms with Crippen molar-refractivity contribution < 1.29 is 23.7 Å². The number of hydrogen-bond donors (Lipinski definition) is 4. The lowest BCUT2D eigenvalue weighted by atomic mass is 9.97. The molecule has 0 spiro atoms. The average molecular weight is 757 g/mol. The van der Waals surface area contributed by atoms with Gasteiger partial charge in [-0.05, 0) is 201 Å². The molecule has 3 atom stereocenters. The van der Waals surface area contributed by atoms with Gasteiger partial charge in [0.15, 0.2) is 0 Å². The van der Waals surface area contributed by atoms with Gasteiger partial charge in [-0.1, -0.05) is 19.3 Å². The monoisotopic (exact) mass is 757 g/mol. The molecule has 5 aliphatic rings. The van der Waals surface area contributed by atoms with Crippen molar-refractivity contribution in [1.29, 1.82) is 0 Å². The van der Waals surface area contributed by atoms with Crippen LogP contribution in [0.2, 0.25) is 0 Å². The zero-order valence-corrected chi connectivity index (χ0v) is 37.9. The van der Waals surface area contributed by atoms with E-state index in [-0.39, 0.29) is 28.0 Å². The number of ether oxygens (including phenoxy) is 5. The minimum atomic E-state index is -0.00495. The highest BCUT2D eigenvalue weighted by Crippen LogP contribution is 2.24. The molecular formula is C44H92N4O5. The topological polar surface area (TPSA) is 94.3 Å². The van der Waals surface area contributed by atoms with E-state index in [1.54, 1.807) is 0 Å². The van der Waals surface area contributed by atoms with Gasteiger partial charge in [-0.25, -0.2) is 0 Å². The van der Waals surface area contributed by atoms with Crippen LogP contribution < -0.4 is 21.3 Å². The fourth-order valence-electron chi connectivity index (χ4n) is 6.85. The summed E-state index contributed by atoms with van der Waals surface area (Å²) in [6, 6.07) is 0. The Bertz CT molecular complexity index is 771. The molecular weight excluding hydrogens is 665 g/mol. The van der Waals surface area contributed by atoms with Crippen LogP contribution in [0, 0.1) is 0 Å². The lowest BCUT2D eigenvalue weighted by molar-refractivity contribution is -0.0843. The van der Waals surface area contributed by atoms with E-state index in [0.717, 1.165) is 71.4 Å². The molecule has 9 heteroatoms. The second kappa shape index (κ2) is 25.1. The molecule has 0 amide bonds. The minimum Gasteiger partial charge on any atom is -0.373 e. The van der Waals surface area contributed by atoms with Crippen molar-refractivity contribution in [2.45, 2.75) is 246 Å². The predicted molar refractivity (Wildman–Crippen MR) is 225 cm³/mol. The maximum absolute atomic E-state index is 5.88. The van der Waals surface area contributed by atoms with Crippen LogP contribution in [0.25, 0.3) is 0 Å². The molecule has 0 aromatic rings. The standard InChI is InChI=1S/C10H20O.2C9H19NO.2C8H17NO/c1-10(2,3)11-9-7-5-4-6-8-9;1-9(2,3)11-8-4-6-10-7-5-8;1-9(2,3)11-8-6-4-5-7-10-8;1-8(2,3)10-7-4-5-9-6-7;1-8(2,3)10-7-5-4-6-9-7/h9H,4-8H2,1-3H3;2*8,10H,4-7H2,1-3H3;2*7,9H,4-6H2,1-3H3. The van der Waals surface area contributed by atoms with Gasteiger partial charge in [0.1, 0.15) is 12.5 Å². The molecule has 4 N–H and O–H groups in total. The van der Waals surface area contributed by atoms with Crippen LogP contribution in [0.5, 0.6) is 0 Å². The maximum Gasteiger partial charge on any atom is 0.108 e. The summed E-state index contributed by atoms with van der Waals surface area (Å²) in [6.07, 6.45) is 18.4. The Morgan fingerprint density at radius 2 is 0.679 bits per heavy atom. The minimum absolute atomic E-state index is 0.00199. The van der Waals surface area contributed by atoms with Crippen molar-refractivity contribution in [1.82, 2.24) is 21.3 Å². The lowest BCUT2D eigenvalue weighted by Gasteiger charge is -2.30. The second-order valence-electron chi connectivity index (χ2n) is 20.5. The van der Waals surface area contributed by atoms with Crippen LogP contribution in [-0.2, 0) is 23.7 Å². The van der Waals surface area contributed by atoms with Crippen LogP contribution in [0.1, 0.15) is 187 Å². The van der Waals surface area contributed by atoms with Crippen molar-refractivity contribution in [3.05, 3.63) is 0 Å². The summed E-state index contributed by atoms with van der Waals surface area (Å²) in [5, 5.41) is 13.2. The van der Waals surface area contributed by atoms with Crippen LogP contribution >= 0.6 is 0 Å². The van der Waals surface area contributed by atoms with E-state index in [2.05, 4.69) is 125 Å². The Morgan fingerprint density at radius 1 is 0.321 bits per heavy atom. The number of nitrogens with one attached hydrogen (secondary N) is 4. The Labute approximate surface area is 329 Å². The average Bonchev–Trinajstić information content (AvgIpc) is 3.70. The summed E-state index contributed by atoms with van der Waals surface area (Å²) in [6.45, 7) is 38.2. The first kappa shape index (κ1) is 50.7. The van der Waals surface area contributed by atoms with Gasteiger partial charge in [-0.15, -0.1) is 0 Å².